The molecule has 3 rings (SSSR count). The summed E-state index contributed by atoms with van der Waals surface area (Å²) in [6.07, 6.45) is 1.75. The van der Waals surface area contributed by atoms with E-state index in [1.165, 1.54) is 5.56 Å². The molecule has 1 aromatic rings. The van der Waals surface area contributed by atoms with Crippen molar-refractivity contribution in [3.63, 3.8) is 0 Å². The number of hydrogen-bond acceptors (Lipinski definition) is 5. The quantitative estimate of drug-likeness (QED) is 0.832. The number of nitrogens with zero attached hydrogens (tertiary/aromatic N) is 1. The summed E-state index contributed by atoms with van der Waals surface area (Å²) < 4.78 is 17.3. The SMILES string of the molecule is CCOC(=O)NC1=NC2(CCc3c(Br)ccc(OC)c3C2)C(C)O1. The number of methoxy groups -OCH3 is 1. The van der Waals surface area contributed by atoms with Crippen molar-refractivity contribution in [3.8, 4) is 5.75 Å². The molecule has 0 saturated carbocycles. The minimum atomic E-state index is -0.544. The molecule has 1 amide bonds. The summed E-state index contributed by atoms with van der Waals surface area (Å²) >= 11 is 3.62. The summed E-state index contributed by atoms with van der Waals surface area (Å²) in [6.45, 7) is 4.04. The Kier molecular flexibility index (Phi) is 4.71. The molecule has 1 aliphatic heterocycles. The molecule has 0 bridgehead atoms. The molecule has 1 N–H and O–H groups in total. The number of alkyl carbamates (subject to hydrolysis) is 1. The molecule has 0 aromatic heterocycles. The Morgan fingerprint density at radius 3 is 3.00 bits per heavy atom. The minimum absolute atomic E-state index is 0.133. The van der Waals surface area contributed by atoms with Crippen LogP contribution in [0.15, 0.2) is 21.6 Å². The first-order valence-corrected chi connectivity index (χ1v) is 8.83. The monoisotopic (exact) mass is 396 g/mol. The van der Waals surface area contributed by atoms with Crippen LogP contribution in [0.25, 0.3) is 0 Å². The van der Waals surface area contributed by atoms with Crippen LogP contribution in [0.5, 0.6) is 5.75 Å². The lowest BCUT2D eigenvalue weighted by Gasteiger charge is -2.35. The standard InChI is InChI=1S/C17H21BrN2O4/c1-4-23-16(21)19-15-20-17(10(2)24-15)8-7-11-12(9-17)14(22-3)6-5-13(11)18/h5-6,10H,4,7-9H2,1-3H3,(H,19,20,21). The third kappa shape index (κ3) is 2.97. The van der Waals surface area contributed by atoms with Gasteiger partial charge in [-0.1, -0.05) is 15.9 Å². The third-order valence-electron chi connectivity index (χ3n) is 4.70. The molecular formula is C17H21BrN2O4. The van der Waals surface area contributed by atoms with E-state index in [0.717, 1.165) is 28.6 Å². The average molecular weight is 397 g/mol. The van der Waals surface area contributed by atoms with Crippen LogP contribution in [0, 0.1) is 0 Å². The highest BCUT2D eigenvalue weighted by Crippen LogP contribution is 2.43. The van der Waals surface area contributed by atoms with Gasteiger partial charge >= 0.3 is 6.09 Å². The normalized spacial score (nSPS) is 24.8. The number of carbonyl (C=O) groups excluding carboxylic acids is 1. The van der Waals surface area contributed by atoms with Gasteiger partial charge in [-0.3, -0.25) is 0 Å². The maximum Gasteiger partial charge on any atom is 0.415 e. The van der Waals surface area contributed by atoms with Gasteiger partial charge in [0.1, 0.15) is 17.4 Å². The molecule has 1 spiro atoms. The number of fused-ring (bicyclic) bond motifs is 1. The van der Waals surface area contributed by atoms with Crippen molar-refractivity contribution in [2.24, 2.45) is 4.99 Å². The first-order valence-electron chi connectivity index (χ1n) is 8.03. The number of halogens is 1. The summed E-state index contributed by atoms with van der Waals surface area (Å²) in [7, 11) is 1.68. The molecule has 130 valence electrons. The number of hydrogen-bond donors (Lipinski definition) is 1. The smallest absolute Gasteiger partial charge is 0.415 e. The summed E-state index contributed by atoms with van der Waals surface area (Å²) in [5, 5.41) is 2.57. The second-order valence-electron chi connectivity index (χ2n) is 6.01. The highest BCUT2D eigenvalue weighted by atomic mass is 79.9. The van der Waals surface area contributed by atoms with Gasteiger partial charge in [-0.2, -0.15) is 0 Å². The summed E-state index contributed by atoms with van der Waals surface area (Å²) in [6, 6.07) is 4.21. The minimum Gasteiger partial charge on any atom is -0.496 e. The first-order chi connectivity index (χ1) is 11.5. The molecule has 2 atom stereocenters. The molecule has 1 aliphatic carbocycles. The van der Waals surface area contributed by atoms with Crippen LogP contribution in [0.1, 0.15) is 31.4 Å². The molecule has 0 saturated heterocycles. The number of aliphatic imine (C=N–C) groups is 1. The predicted octanol–water partition coefficient (Wildman–Crippen LogP) is 3.21. The van der Waals surface area contributed by atoms with Crippen molar-refractivity contribution in [1.82, 2.24) is 5.32 Å². The van der Waals surface area contributed by atoms with Crippen molar-refractivity contribution >= 4 is 28.0 Å². The van der Waals surface area contributed by atoms with Gasteiger partial charge in [-0.15, -0.1) is 0 Å². The van der Waals surface area contributed by atoms with Gasteiger partial charge in [0, 0.05) is 16.5 Å². The predicted molar refractivity (Wildman–Crippen MR) is 93.6 cm³/mol. The van der Waals surface area contributed by atoms with E-state index in [1.54, 1.807) is 14.0 Å². The number of nitrogens with one attached hydrogen (secondary N) is 1. The van der Waals surface area contributed by atoms with Crippen LogP contribution in [0.3, 0.4) is 0 Å². The Morgan fingerprint density at radius 2 is 2.29 bits per heavy atom. The molecule has 0 radical (unpaired) electrons. The number of amides is 1. The molecule has 24 heavy (non-hydrogen) atoms. The fourth-order valence-electron chi connectivity index (χ4n) is 3.39. The summed E-state index contributed by atoms with van der Waals surface area (Å²) in [4.78, 5) is 16.3. The highest BCUT2D eigenvalue weighted by Gasteiger charge is 2.47. The number of ether oxygens (including phenoxy) is 3. The third-order valence-corrected chi connectivity index (χ3v) is 5.44. The van der Waals surface area contributed by atoms with Gasteiger partial charge in [0.15, 0.2) is 0 Å². The largest absolute Gasteiger partial charge is 0.496 e. The molecule has 2 unspecified atom stereocenters. The van der Waals surface area contributed by atoms with E-state index in [2.05, 4.69) is 21.2 Å². The number of rotatable bonds is 2. The van der Waals surface area contributed by atoms with Gasteiger partial charge in [0.05, 0.1) is 13.7 Å². The summed E-state index contributed by atoms with van der Waals surface area (Å²) in [5.74, 6) is 0.862. The Balaban J connectivity index is 1.88. The van der Waals surface area contributed by atoms with Crippen molar-refractivity contribution in [2.45, 2.75) is 44.8 Å². The van der Waals surface area contributed by atoms with Crippen molar-refractivity contribution in [1.29, 1.82) is 0 Å². The average Bonchev–Trinajstić information content (AvgIpc) is 2.83. The fourth-order valence-corrected chi connectivity index (χ4v) is 3.95. The zero-order chi connectivity index (χ0) is 17.3. The molecule has 2 aliphatic rings. The van der Waals surface area contributed by atoms with E-state index >= 15 is 0 Å². The summed E-state index contributed by atoms with van der Waals surface area (Å²) in [5.41, 5.74) is 2.01. The maximum absolute atomic E-state index is 11.6. The van der Waals surface area contributed by atoms with Crippen LogP contribution in [0.4, 0.5) is 4.79 Å². The number of benzene rings is 1. The van der Waals surface area contributed by atoms with E-state index < -0.39 is 11.6 Å². The topological polar surface area (TPSA) is 69.2 Å². The van der Waals surface area contributed by atoms with E-state index in [0.29, 0.717) is 13.0 Å². The van der Waals surface area contributed by atoms with Crippen LogP contribution >= 0.6 is 15.9 Å². The lowest BCUT2D eigenvalue weighted by atomic mass is 9.75. The Hall–Kier alpha value is -1.76. The second kappa shape index (κ2) is 6.63. The molecule has 1 aromatic carbocycles. The van der Waals surface area contributed by atoms with Gasteiger partial charge in [0.25, 0.3) is 6.02 Å². The van der Waals surface area contributed by atoms with Crippen LogP contribution < -0.4 is 10.1 Å². The Labute approximate surface area is 149 Å². The maximum atomic E-state index is 11.6. The van der Waals surface area contributed by atoms with Gasteiger partial charge in [0.2, 0.25) is 0 Å². The van der Waals surface area contributed by atoms with Gasteiger partial charge in [-0.05, 0) is 44.4 Å². The van der Waals surface area contributed by atoms with Crippen LogP contribution in [-0.4, -0.2) is 37.5 Å². The number of carbonyl (C=O) groups is 1. The molecular weight excluding hydrogens is 376 g/mol. The lowest BCUT2D eigenvalue weighted by molar-refractivity contribution is 0.130. The van der Waals surface area contributed by atoms with Crippen molar-refractivity contribution in [2.75, 3.05) is 13.7 Å². The lowest BCUT2D eigenvalue weighted by Crippen LogP contribution is -2.41. The zero-order valence-corrected chi connectivity index (χ0v) is 15.6. The van der Waals surface area contributed by atoms with Crippen LogP contribution in [-0.2, 0) is 22.3 Å². The van der Waals surface area contributed by atoms with Crippen LogP contribution in [0.2, 0.25) is 0 Å². The fraction of sp³-hybridized carbons (Fsp3) is 0.529. The Bertz CT molecular complexity index is 691. The van der Waals surface area contributed by atoms with E-state index in [-0.39, 0.29) is 12.1 Å². The molecule has 6 nitrogen and oxygen atoms in total. The highest BCUT2D eigenvalue weighted by molar-refractivity contribution is 9.10. The molecule has 1 heterocycles. The van der Waals surface area contributed by atoms with E-state index in [1.807, 2.05) is 19.1 Å². The van der Waals surface area contributed by atoms with Crippen molar-refractivity contribution in [3.05, 3.63) is 27.7 Å². The van der Waals surface area contributed by atoms with Gasteiger partial charge in [-0.25, -0.2) is 15.1 Å². The molecule has 0 fully saturated rings. The van der Waals surface area contributed by atoms with E-state index in [9.17, 15) is 4.79 Å². The van der Waals surface area contributed by atoms with Gasteiger partial charge < -0.3 is 14.2 Å². The first kappa shape index (κ1) is 17.1. The molecule has 7 heteroatoms. The zero-order valence-electron chi connectivity index (χ0n) is 14.0. The van der Waals surface area contributed by atoms with E-state index in [4.69, 9.17) is 19.2 Å². The number of amidine groups is 1. The second-order valence-corrected chi connectivity index (χ2v) is 6.86. The Morgan fingerprint density at radius 1 is 1.50 bits per heavy atom. The van der Waals surface area contributed by atoms with Crippen molar-refractivity contribution < 1.29 is 19.0 Å².